The summed E-state index contributed by atoms with van der Waals surface area (Å²) in [6.07, 6.45) is 3.90. The Kier molecular flexibility index (Phi) is 2.97. The van der Waals surface area contributed by atoms with E-state index in [0.29, 0.717) is 12.8 Å². The van der Waals surface area contributed by atoms with Gasteiger partial charge in [0.1, 0.15) is 0 Å². The van der Waals surface area contributed by atoms with Crippen LogP contribution >= 0.6 is 0 Å². The van der Waals surface area contributed by atoms with Gasteiger partial charge in [-0.25, -0.2) is 0 Å². The van der Waals surface area contributed by atoms with E-state index >= 15 is 0 Å². The average Bonchev–Trinajstić information content (AvgIpc) is 3.06. The number of ether oxygens (including phenoxy) is 1. The first kappa shape index (κ1) is 11.9. The molecular formula is C12H21NO3. The summed E-state index contributed by atoms with van der Waals surface area (Å²) in [5.74, 6) is -0.223. The molecule has 0 bridgehead atoms. The van der Waals surface area contributed by atoms with Gasteiger partial charge in [-0.2, -0.15) is 0 Å². The normalized spacial score (nSPS) is 34.2. The summed E-state index contributed by atoms with van der Waals surface area (Å²) in [5, 5.41) is 10.7. The molecule has 0 aromatic rings. The third kappa shape index (κ3) is 1.74. The Morgan fingerprint density at radius 2 is 1.94 bits per heavy atom. The lowest BCUT2D eigenvalue weighted by Gasteiger charge is -2.34. The smallest absolute Gasteiger partial charge is 0.314 e. The number of nitrogens with zero attached hydrogens (tertiary/aromatic N) is 1. The summed E-state index contributed by atoms with van der Waals surface area (Å²) >= 11 is 0. The van der Waals surface area contributed by atoms with E-state index in [-0.39, 0.29) is 5.97 Å². The number of hydrogen-bond donors (Lipinski definition) is 1. The van der Waals surface area contributed by atoms with Crippen LogP contribution in [0, 0.1) is 5.41 Å². The van der Waals surface area contributed by atoms with Crippen molar-refractivity contribution in [1.82, 2.24) is 4.90 Å². The molecule has 1 aliphatic heterocycles. The van der Waals surface area contributed by atoms with Crippen molar-refractivity contribution in [3.63, 3.8) is 0 Å². The summed E-state index contributed by atoms with van der Waals surface area (Å²) in [4.78, 5) is 14.0. The van der Waals surface area contributed by atoms with Crippen LogP contribution in [0.5, 0.6) is 0 Å². The number of carbonyl (C=O) groups excluding carboxylic acids is 1. The predicted octanol–water partition coefficient (Wildman–Crippen LogP) is 0.786. The van der Waals surface area contributed by atoms with E-state index in [1.54, 1.807) is 0 Å². The molecule has 0 amide bonds. The van der Waals surface area contributed by atoms with Gasteiger partial charge in [-0.3, -0.25) is 4.79 Å². The fraction of sp³-hybridized carbons (Fsp3) is 0.917. The molecule has 1 aliphatic carbocycles. The van der Waals surface area contributed by atoms with Gasteiger partial charge in [0.15, 0.2) is 0 Å². The molecule has 1 atom stereocenters. The van der Waals surface area contributed by atoms with Crippen LogP contribution < -0.4 is 0 Å². The van der Waals surface area contributed by atoms with Crippen LogP contribution in [0.4, 0.5) is 0 Å². The van der Waals surface area contributed by atoms with Gasteiger partial charge in [0, 0.05) is 6.54 Å². The zero-order chi connectivity index (χ0) is 11.8. The summed E-state index contributed by atoms with van der Waals surface area (Å²) in [5.41, 5.74) is -1.43. The van der Waals surface area contributed by atoms with E-state index < -0.39 is 11.0 Å². The SMILES string of the molecule is COC(=O)C1(C2(O)CCCN(C)CC2)CC1. The largest absolute Gasteiger partial charge is 0.469 e. The van der Waals surface area contributed by atoms with Crippen LogP contribution in [0.3, 0.4) is 0 Å². The van der Waals surface area contributed by atoms with Crippen LogP contribution in [0.15, 0.2) is 0 Å². The lowest BCUT2D eigenvalue weighted by molar-refractivity contribution is -0.160. The molecule has 92 valence electrons. The van der Waals surface area contributed by atoms with Gasteiger partial charge in [-0.1, -0.05) is 0 Å². The highest BCUT2D eigenvalue weighted by Gasteiger charge is 2.64. The second-order valence-corrected chi connectivity index (χ2v) is 5.26. The van der Waals surface area contributed by atoms with Gasteiger partial charge in [-0.15, -0.1) is 0 Å². The summed E-state index contributed by atoms with van der Waals surface area (Å²) in [7, 11) is 3.47. The molecule has 2 fully saturated rings. The summed E-state index contributed by atoms with van der Waals surface area (Å²) in [6.45, 7) is 1.86. The van der Waals surface area contributed by atoms with Crippen LogP contribution in [-0.2, 0) is 9.53 Å². The number of likely N-dealkylation sites (tertiary alicyclic amines) is 1. The summed E-state index contributed by atoms with van der Waals surface area (Å²) < 4.78 is 4.85. The molecule has 0 radical (unpaired) electrons. The van der Waals surface area contributed by atoms with Gasteiger partial charge in [0.25, 0.3) is 0 Å². The number of hydrogen-bond acceptors (Lipinski definition) is 4. The topological polar surface area (TPSA) is 49.8 Å². The Morgan fingerprint density at radius 1 is 1.25 bits per heavy atom. The maximum Gasteiger partial charge on any atom is 0.314 e. The second-order valence-electron chi connectivity index (χ2n) is 5.26. The molecule has 0 aromatic carbocycles. The first-order chi connectivity index (χ1) is 7.54. The van der Waals surface area contributed by atoms with Crippen molar-refractivity contribution < 1.29 is 14.6 Å². The molecule has 1 unspecified atom stereocenters. The number of aliphatic hydroxyl groups is 1. The van der Waals surface area contributed by atoms with Gasteiger partial charge in [0.2, 0.25) is 0 Å². The Balaban J connectivity index is 2.15. The highest BCUT2D eigenvalue weighted by molar-refractivity contribution is 5.81. The van der Waals surface area contributed by atoms with E-state index in [9.17, 15) is 9.90 Å². The van der Waals surface area contributed by atoms with Crippen molar-refractivity contribution in [1.29, 1.82) is 0 Å². The van der Waals surface area contributed by atoms with E-state index in [0.717, 1.165) is 32.4 Å². The van der Waals surface area contributed by atoms with E-state index in [1.807, 2.05) is 0 Å². The number of esters is 1. The predicted molar refractivity (Wildman–Crippen MR) is 60.0 cm³/mol. The van der Waals surface area contributed by atoms with Crippen molar-refractivity contribution in [2.24, 2.45) is 5.41 Å². The van der Waals surface area contributed by atoms with E-state index in [4.69, 9.17) is 4.74 Å². The molecule has 16 heavy (non-hydrogen) atoms. The quantitative estimate of drug-likeness (QED) is 0.708. The van der Waals surface area contributed by atoms with Gasteiger partial charge in [0.05, 0.1) is 18.1 Å². The standard InChI is InChI=1S/C12H21NO3/c1-13-8-3-4-12(15,7-9-13)11(5-6-11)10(14)16-2/h15H,3-9H2,1-2H3. The summed E-state index contributed by atoms with van der Waals surface area (Å²) in [6, 6.07) is 0. The number of methoxy groups -OCH3 is 1. The van der Waals surface area contributed by atoms with Crippen LogP contribution in [0.1, 0.15) is 32.1 Å². The molecule has 1 saturated carbocycles. The lowest BCUT2D eigenvalue weighted by Crippen LogP contribution is -2.45. The number of carbonyl (C=O) groups is 1. The molecule has 1 saturated heterocycles. The third-order valence-electron chi connectivity index (χ3n) is 4.25. The average molecular weight is 227 g/mol. The molecule has 0 spiro atoms. The third-order valence-corrected chi connectivity index (χ3v) is 4.25. The Hall–Kier alpha value is -0.610. The number of rotatable bonds is 2. The fourth-order valence-electron chi connectivity index (χ4n) is 2.91. The van der Waals surface area contributed by atoms with Gasteiger partial charge >= 0.3 is 5.97 Å². The van der Waals surface area contributed by atoms with Crippen LogP contribution in [0.2, 0.25) is 0 Å². The van der Waals surface area contributed by atoms with E-state index in [1.165, 1.54) is 7.11 Å². The molecule has 1 heterocycles. The molecule has 2 rings (SSSR count). The van der Waals surface area contributed by atoms with Crippen molar-refractivity contribution in [3.8, 4) is 0 Å². The lowest BCUT2D eigenvalue weighted by atomic mass is 9.78. The van der Waals surface area contributed by atoms with Crippen molar-refractivity contribution in [2.75, 3.05) is 27.2 Å². The van der Waals surface area contributed by atoms with Crippen LogP contribution in [0.25, 0.3) is 0 Å². The first-order valence-electron chi connectivity index (χ1n) is 6.03. The fourth-order valence-corrected chi connectivity index (χ4v) is 2.91. The van der Waals surface area contributed by atoms with Crippen LogP contribution in [-0.4, -0.2) is 48.8 Å². The monoisotopic (exact) mass is 227 g/mol. The second kappa shape index (κ2) is 4.00. The molecule has 4 heteroatoms. The Morgan fingerprint density at radius 3 is 2.50 bits per heavy atom. The van der Waals surface area contributed by atoms with E-state index in [2.05, 4.69) is 11.9 Å². The maximum atomic E-state index is 11.8. The molecule has 2 aliphatic rings. The van der Waals surface area contributed by atoms with Crippen molar-refractivity contribution >= 4 is 5.97 Å². The first-order valence-corrected chi connectivity index (χ1v) is 6.03. The highest BCUT2D eigenvalue weighted by atomic mass is 16.5. The minimum absolute atomic E-state index is 0.223. The minimum atomic E-state index is -0.842. The molecule has 4 nitrogen and oxygen atoms in total. The van der Waals surface area contributed by atoms with Gasteiger partial charge in [-0.05, 0) is 45.7 Å². The molecular weight excluding hydrogens is 206 g/mol. The zero-order valence-electron chi connectivity index (χ0n) is 10.2. The highest BCUT2D eigenvalue weighted by Crippen LogP contribution is 2.58. The van der Waals surface area contributed by atoms with Gasteiger partial charge < -0.3 is 14.7 Å². The molecule has 0 aromatic heterocycles. The Bertz CT molecular complexity index is 288. The minimum Gasteiger partial charge on any atom is -0.469 e. The van der Waals surface area contributed by atoms with Crippen molar-refractivity contribution in [2.45, 2.75) is 37.7 Å². The Labute approximate surface area is 96.6 Å². The zero-order valence-corrected chi connectivity index (χ0v) is 10.2. The maximum absolute atomic E-state index is 11.8. The molecule has 1 N–H and O–H groups in total. The van der Waals surface area contributed by atoms with Crippen molar-refractivity contribution in [3.05, 3.63) is 0 Å².